The van der Waals surface area contributed by atoms with E-state index >= 15 is 0 Å². The minimum atomic E-state index is 0.253. The van der Waals surface area contributed by atoms with Crippen molar-refractivity contribution in [3.05, 3.63) is 23.3 Å². The summed E-state index contributed by atoms with van der Waals surface area (Å²) in [6.45, 7) is 3.17. The van der Waals surface area contributed by atoms with E-state index in [4.69, 9.17) is 9.47 Å². The lowest BCUT2D eigenvalue weighted by Crippen LogP contribution is -2.45. The molecule has 1 fully saturated rings. The highest BCUT2D eigenvalue weighted by molar-refractivity contribution is 5.79. The summed E-state index contributed by atoms with van der Waals surface area (Å²) in [5, 5.41) is 0. The molecule has 1 aromatic carbocycles. The average molecular weight is 287 g/mol. The van der Waals surface area contributed by atoms with E-state index in [1.165, 1.54) is 24.0 Å². The largest absolute Gasteiger partial charge is 0.454 e. The van der Waals surface area contributed by atoms with Crippen molar-refractivity contribution in [2.24, 2.45) is 5.92 Å². The minimum absolute atomic E-state index is 0.253. The number of nitrogens with zero attached hydrogens (tertiary/aromatic N) is 1. The predicted molar refractivity (Wildman–Crippen MR) is 78.2 cm³/mol. The minimum Gasteiger partial charge on any atom is -0.454 e. The molecule has 3 aliphatic rings. The number of fused-ring (bicyclic) bond motifs is 2. The number of carbonyl (C=O) groups excluding carboxylic acids is 1. The van der Waals surface area contributed by atoms with Crippen molar-refractivity contribution in [3.8, 4) is 11.5 Å². The molecule has 1 saturated carbocycles. The molecule has 0 N–H and O–H groups in total. The van der Waals surface area contributed by atoms with E-state index in [1.807, 2.05) is 0 Å². The van der Waals surface area contributed by atoms with Gasteiger partial charge >= 0.3 is 0 Å². The van der Waals surface area contributed by atoms with Crippen LogP contribution in [0.3, 0.4) is 0 Å². The van der Waals surface area contributed by atoms with Gasteiger partial charge in [0.25, 0.3) is 0 Å². The molecule has 0 radical (unpaired) electrons. The van der Waals surface area contributed by atoms with Gasteiger partial charge in [-0.25, -0.2) is 0 Å². The quantitative estimate of drug-likeness (QED) is 0.797. The van der Waals surface area contributed by atoms with Gasteiger partial charge in [-0.2, -0.15) is 0 Å². The first-order valence-electron chi connectivity index (χ1n) is 7.94. The predicted octanol–water partition coefficient (Wildman–Crippen LogP) is 2.88. The van der Waals surface area contributed by atoms with Crippen LogP contribution in [0.25, 0.3) is 0 Å². The Labute approximate surface area is 125 Å². The number of amides is 1. The van der Waals surface area contributed by atoms with Crippen LogP contribution in [0.2, 0.25) is 0 Å². The Morgan fingerprint density at radius 3 is 2.52 bits per heavy atom. The van der Waals surface area contributed by atoms with Crippen LogP contribution in [0.1, 0.15) is 43.7 Å². The maximum absolute atomic E-state index is 12.7. The van der Waals surface area contributed by atoms with Crippen LogP contribution < -0.4 is 9.47 Å². The van der Waals surface area contributed by atoms with Crippen LogP contribution in [-0.4, -0.2) is 23.6 Å². The van der Waals surface area contributed by atoms with E-state index in [0.717, 1.165) is 30.8 Å². The molecule has 4 nitrogen and oxygen atoms in total. The van der Waals surface area contributed by atoms with Gasteiger partial charge in [-0.1, -0.05) is 12.8 Å². The second kappa shape index (κ2) is 4.93. The zero-order valence-electron chi connectivity index (χ0n) is 12.4. The van der Waals surface area contributed by atoms with Gasteiger partial charge in [0.15, 0.2) is 11.5 Å². The van der Waals surface area contributed by atoms with Gasteiger partial charge in [0.05, 0.1) is 0 Å². The smallest absolute Gasteiger partial charge is 0.231 e. The Morgan fingerprint density at radius 1 is 1.14 bits per heavy atom. The molecule has 1 unspecified atom stereocenters. The van der Waals surface area contributed by atoms with Gasteiger partial charge in [0, 0.05) is 18.5 Å². The summed E-state index contributed by atoms with van der Waals surface area (Å²) in [5.74, 6) is 2.26. The Bertz CT molecular complexity index is 578. The molecule has 2 aliphatic heterocycles. The highest BCUT2D eigenvalue weighted by Gasteiger charge is 2.33. The standard InChI is InChI=1S/C17H21NO3/c1-11-6-13-7-15-16(21-10-20-15)8-14(13)9-18(11)17(19)12-4-2-3-5-12/h7-8,11-12H,2-6,9-10H2,1H3. The Hall–Kier alpha value is -1.71. The molecule has 112 valence electrons. The van der Waals surface area contributed by atoms with Crippen molar-refractivity contribution in [2.75, 3.05) is 6.79 Å². The number of ether oxygens (including phenoxy) is 2. The summed E-state index contributed by atoms with van der Waals surface area (Å²) in [6, 6.07) is 4.41. The normalized spacial score (nSPS) is 24.2. The molecule has 1 aromatic rings. The van der Waals surface area contributed by atoms with Gasteiger partial charge in [-0.15, -0.1) is 0 Å². The number of benzene rings is 1. The molecule has 4 rings (SSSR count). The van der Waals surface area contributed by atoms with Crippen LogP contribution in [-0.2, 0) is 17.8 Å². The van der Waals surface area contributed by atoms with Gasteiger partial charge < -0.3 is 14.4 Å². The highest BCUT2D eigenvalue weighted by atomic mass is 16.7. The van der Waals surface area contributed by atoms with Crippen molar-refractivity contribution in [1.82, 2.24) is 4.90 Å². The average Bonchev–Trinajstić information content (AvgIpc) is 3.14. The molecular weight excluding hydrogens is 266 g/mol. The maximum Gasteiger partial charge on any atom is 0.231 e. The van der Waals surface area contributed by atoms with Crippen molar-refractivity contribution in [3.63, 3.8) is 0 Å². The van der Waals surface area contributed by atoms with Gasteiger partial charge in [0.1, 0.15) is 0 Å². The lowest BCUT2D eigenvalue weighted by atomic mass is 9.92. The molecule has 0 spiro atoms. The summed E-state index contributed by atoms with van der Waals surface area (Å²) in [4.78, 5) is 14.8. The summed E-state index contributed by atoms with van der Waals surface area (Å²) < 4.78 is 10.9. The molecular formula is C17H21NO3. The van der Waals surface area contributed by atoms with Crippen LogP contribution in [0.4, 0.5) is 0 Å². The van der Waals surface area contributed by atoms with Gasteiger partial charge in [0.2, 0.25) is 12.7 Å². The van der Waals surface area contributed by atoms with Crippen LogP contribution in [0.5, 0.6) is 11.5 Å². The Balaban J connectivity index is 1.60. The van der Waals surface area contributed by atoms with E-state index in [-0.39, 0.29) is 12.0 Å². The lowest BCUT2D eigenvalue weighted by Gasteiger charge is -2.36. The van der Waals surface area contributed by atoms with E-state index in [1.54, 1.807) is 0 Å². The molecule has 2 heterocycles. The second-order valence-corrected chi connectivity index (χ2v) is 6.47. The number of hydrogen-bond donors (Lipinski definition) is 0. The second-order valence-electron chi connectivity index (χ2n) is 6.47. The molecule has 21 heavy (non-hydrogen) atoms. The molecule has 1 aliphatic carbocycles. The van der Waals surface area contributed by atoms with Crippen molar-refractivity contribution < 1.29 is 14.3 Å². The summed E-state index contributed by atoms with van der Waals surface area (Å²) in [5.41, 5.74) is 2.51. The lowest BCUT2D eigenvalue weighted by molar-refractivity contribution is -0.138. The van der Waals surface area contributed by atoms with E-state index < -0.39 is 0 Å². The third-order valence-corrected chi connectivity index (χ3v) is 5.07. The fraction of sp³-hybridized carbons (Fsp3) is 0.588. The molecule has 1 atom stereocenters. The third-order valence-electron chi connectivity index (χ3n) is 5.07. The first-order chi connectivity index (χ1) is 10.2. The number of rotatable bonds is 1. The fourth-order valence-corrected chi connectivity index (χ4v) is 3.83. The molecule has 1 amide bonds. The van der Waals surface area contributed by atoms with Crippen LogP contribution in [0, 0.1) is 5.92 Å². The topological polar surface area (TPSA) is 38.8 Å². The fourth-order valence-electron chi connectivity index (χ4n) is 3.83. The maximum atomic E-state index is 12.7. The highest BCUT2D eigenvalue weighted by Crippen LogP contribution is 2.38. The van der Waals surface area contributed by atoms with Crippen molar-refractivity contribution >= 4 is 5.91 Å². The van der Waals surface area contributed by atoms with E-state index in [0.29, 0.717) is 19.2 Å². The Kier molecular flexibility index (Phi) is 3.05. The monoisotopic (exact) mass is 287 g/mol. The summed E-state index contributed by atoms with van der Waals surface area (Å²) in [7, 11) is 0. The first-order valence-corrected chi connectivity index (χ1v) is 7.94. The van der Waals surface area contributed by atoms with Crippen LogP contribution in [0.15, 0.2) is 12.1 Å². The number of carbonyl (C=O) groups is 1. The number of hydrogen-bond acceptors (Lipinski definition) is 3. The van der Waals surface area contributed by atoms with Crippen molar-refractivity contribution in [1.29, 1.82) is 0 Å². The zero-order valence-corrected chi connectivity index (χ0v) is 12.4. The first kappa shape index (κ1) is 13.0. The molecule has 0 aromatic heterocycles. The van der Waals surface area contributed by atoms with Gasteiger partial charge in [-0.05, 0) is 49.4 Å². The summed E-state index contributed by atoms with van der Waals surface area (Å²) >= 11 is 0. The van der Waals surface area contributed by atoms with E-state index in [2.05, 4.69) is 24.0 Å². The zero-order chi connectivity index (χ0) is 14.4. The third kappa shape index (κ3) is 2.17. The molecule has 0 saturated heterocycles. The van der Waals surface area contributed by atoms with Gasteiger partial charge in [-0.3, -0.25) is 4.79 Å². The molecule has 4 heteroatoms. The Morgan fingerprint density at radius 2 is 1.81 bits per heavy atom. The SMILES string of the molecule is CC1Cc2cc3c(cc2CN1C(=O)C1CCCC1)OCO3. The molecule has 0 bridgehead atoms. The van der Waals surface area contributed by atoms with Crippen molar-refractivity contribution in [2.45, 2.75) is 51.6 Å². The van der Waals surface area contributed by atoms with Crippen LogP contribution >= 0.6 is 0 Å². The van der Waals surface area contributed by atoms with E-state index in [9.17, 15) is 4.79 Å². The summed E-state index contributed by atoms with van der Waals surface area (Å²) in [6.07, 6.45) is 5.44.